The topological polar surface area (TPSA) is 29.3 Å². The summed E-state index contributed by atoms with van der Waals surface area (Å²) in [6, 6.07) is 3.21. The number of hydrogen-bond donors (Lipinski definition) is 1. The average Bonchev–Trinajstić information content (AvgIpc) is 2.34. The highest BCUT2D eigenvalue weighted by Gasteiger charge is 2.21. The first kappa shape index (κ1) is 12.3. The third-order valence-electron chi connectivity index (χ3n) is 3.49. The van der Waals surface area contributed by atoms with Gasteiger partial charge in [0.2, 0.25) is 0 Å². The monoisotopic (exact) mass is 240 g/mol. The fourth-order valence-corrected chi connectivity index (χ4v) is 2.23. The number of hydrogen-bond acceptors (Lipinski definition) is 2. The lowest BCUT2D eigenvalue weighted by molar-refractivity contribution is 0.429. The lowest BCUT2D eigenvalue weighted by atomic mass is 9.98. The maximum atomic E-state index is 13.9. The summed E-state index contributed by atoms with van der Waals surface area (Å²) >= 11 is 0. The Hall–Kier alpha value is -1.16. The Kier molecular flexibility index (Phi) is 3.62. The van der Waals surface area contributed by atoms with Crippen LogP contribution in [-0.4, -0.2) is 13.1 Å². The van der Waals surface area contributed by atoms with E-state index in [1.807, 2.05) is 4.90 Å². The third-order valence-corrected chi connectivity index (χ3v) is 3.49. The van der Waals surface area contributed by atoms with E-state index >= 15 is 0 Å². The quantitative estimate of drug-likeness (QED) is 0.861. The van der Waals surface area contributed by atoms with Crippen LogP contribution in [0.2, 0.25) is 0 Å². The Morgan fingerprint density at radius 3 is 2.47 bits per heavy atom. The van der Waals surface area contributed by atoms with Gasteiger partial charge in [0, 0.05) is 25.2 Å². The van der Waals surface area contributed by atoms with E-state index in [-0.39, 0.29) is 12.1 Å². The van der Waals surface area contributed by atoms with Crippen LogP contribution in [0.1, 0.15) is 25.3 Å². The Morgan fingerprint density at radius 2 is 1.88 bits per heavy atom. The molecule has 1 saturated heterocycles. The van der Waals surface area contributed by atoms with Crippen LogP contribution < -0.4 is 10.6 Å². The molecule has 1 aromatic carbocycles. The highest BCUT2D eigenvalue weighted by molar-refractivity contribution is 5.50. The van der Waals surface area contributed by atoms with Crippen molar-refractivity contribution >= 4 is 5.69 Å². The SMILES string of the molecule is CC1CCN(c2ccc(CN)c(F)c2F)CC1. The van der Waals surface area contributed by atoms with E-state index < -0.39 is 11.6 Å². The molecule has 94 valence electrons. The first-order valence-electron chi connectivity index (χ1n) is 6.05. The van der Waals surface area contributed by atoms with Crippen LogP contribution in [0.25, 0.3) is 0 Å². The number of anilines is 1. The molecule has 0 aliphatic carbocycles. The number of halogens is 2. The van der Waals surface area contributed by atoms with Gasteiger partial charge in [-0.05, 0) is 24.8 Å². The number of nitrogens with two attached hydrogens (primary N) is 1. The van der Waals surface area contributed by atoms with Crippen LogP contribution in [0.4, 0.5) is 14.5 Å². The minimum Gasteiger partial charge on any atom is -0.369 e. The standard InChI is InChI=1S/C13H18F2N2/c1-9-4-6-17(7-5-9)11-3-2-10(8-16)12(14)13(11)15/h2-3,9H,4-8,16H2,1H3. The van der Waals surface area contributed by atoms with Crippen LogP contribution in [0.5, 0.6) is 0 Å². The molecule has 0 spiro atoms. The van der Waals surface area contributed by atoms with E-state index in [1.54, 1.807) is 12.1 Å². The maximum Gasteiger partial charge on any atom is 0.182 e. The van der Waals surface area contributed by atoms with Crippen molar-refractivity contribution < 1.29 is 8.78 Å². The number of nitrogens with zero attached hydrogens (tertiary/aromatic N) is 1. The molecule has 1 heterocycles. The predicted molar refractivity (Wildman–Crippen MR) is 64.9 cm³/mol. The van der Waals surface area contributed by atoms with E-state index in [1.165, 1.54) is 0 Å². The molecule has 0 bridgehead atoms. The second kappa shape index (κ2) is 5.00. The minimum absolute atomic E-state index is 0.0278. The Morgan fingerprint density at radius 1 is 1.24 bits per heavy atom. The van der Waals surface area contributed by atoms with Crippen LogP contribution >= 0.6 is 0 Å². The Labute approximate surface area is 100 Å². The molecule has 1 aliphatic rings. The molecule has 0 saturated carbocycles. The van der Waals surface area contributed by atoms with E-state index in [9.17, 15) is 8.78 Å². The predicted octanol–water partition coefficient (Wildman–Crippen LogP) is 2.66. The molecule has 2 nitrogen and oxygen atoms in total. The van der Waals surface area contributed by atoms with Gasteiger partial charge in [0.1, 0.15) is 0 Å². The molecular weight excluding hydrogens is 222 g/mol. The smallest absolute Gasteiger partial charge is 0.182 e. The lowest BCUT2D eigenvalue weighted by Crippen LogP contribution is -2.33. The molecule has 1 fully saturated rings. The van der Waals surface area contributed by atoms with E-state index in [2.05, 4.69) is 6.92 Å². The zero-order valence-electron chi connectivity index (χ0n) is 10.0. The van der Waals surface area contributed by atoms with Gasteiger partial charge in [-0.1, -0.05) is 13.0 Å². The summed E-state index contributed by atoms with van der Waals surface area (Å²) < 4.78 is 27.5. The molecule has 0 atom stereocenters. The zero-order valence-corrected chi connectivity index (χ0v) is 10.0. The van der Waals surface area contributed by atoms with Crippen molar-refractivity contribution in [2.75, 3.05) is 18.0 Å². The Bertz CT molecular complexity index is 399. The number of benzene rings is 1. The second-order valence-electron chi connectivity index (χ2n) is 4.75. The molecule has 0 radical (unpaired) electrons. The normalized spacial score (nSPS) is 17.5. The largest absolute Gasteiger partial charge is 0.369 e. The van der Waals surface area contributed by atoms with Crippen molar-refractivity contribution in [3.8, 4) is 0 Å². The van der Waals surface area contributed by atoms with Gasteiger partial charge in [-0.25, -0.2) is 8.78 Å². The van der Waals surface area contributed by atoms with Gasteiger partial charge < -0.3 is 10.6 Å². The van der Waals surface area contributed by atoms with Crippen molar-refractivity contribution in [1.82, 2.24) is 0 Å². The molecule has 0 aromatic heterocycles. The van der Waals surface area contributed by atoms with Gasteiger partial charge in [-0.15, -0.1) is 0 Å². The van der Waals surface area contributed by atoms with Crippen LogP contribution in [0.15, 0.2) is 12.1 Å². The van der Waals surface area contributed by atoms with Gasteiger partial charge in [-0.3, -0.25) is 0 Å². The second-order valence-corrected chi connectivity index (χ2v) is 4.75. The highest BCUT2D eigenvalue weighted by Crippen LogP contribution is 2.28. The fourth-order valence-electron chi connectivity index (χ4n) is 2.23. The molecule has 0 amide bonds. The minimum atomic E-state index is -0.802. The van der Waals surface area contributed by atoms with E-state index in [0.717, 1.165) is 25.9 Å². The van der Waals surface area contributed by atoms with Crippen molar-refractivity contribution in [3.05, 3.63) is 29.3 Å². The summed E-state index contributed by atoms with van der Waals surface area (Å²) in [5.74, 6) is -0.895. The fraction of sp³-hybridized carbons (Fsp3) is 0.538. The highest BCUT2D eigenvalue weighted by atomic mass is 19.2. The van der Waals surface area contributed by atoms with E-state index in [4.69, 9.17) is 5.73 Å². The molecule has 2 rings (SSSR count). The Balaban J connectivity index is 2.24. The first-order valence-corrected chi connectivity index (χ1v) is 6.05. The first-order chi connectivity index (χ1) is 8.13. The van der Waals surface area contributed by atoms with Gasteiger partial charge in [-0.2, -0.15) is 0 Å². The molecule has 2 N–H and O–H groups in total. The molecule has 1 aromatic rings. The van der Waals surface area contributed by atoms with Gasteiger partial charge in [0.25, 0.3) is 0 Å². The van der Waals surface area contributed by atoms with E-state index in [0.29, 0.717) is 11.6 Å². The molecule has 4 heteroatoms. The average molecular weight is 240 g/mol. The summed E-state index contributed by atoms with van der Waals surface area (Å²) in [6.45, 7) is 3.80. The summed E-state index contributed by atoms with van der Waals surface area (Å²) in [5.41, 5.74) is 5.95. The van der Waals surface area contributed by atoms with Gasteiger partial charge in [0.15, 0.2) is 11.6 Å². The van der Waals surface area contributed by atoms with Gasteiger partial charge >= 0.3 is 0 Å². The van der Waals surface area contributed by atoms with Crippen molar-refractivity contribution in [1.29, 1.82) is 0 Å². The molecular formula is C13H18F2N2. The number of rotatable bonds is 2. The van der Waals surface area contributed by atoms with Crippen molar-refractivity contribution in [3.63, 3.8) is 0 Å². The maximum absolute atomic E-state index is 13.9. The zero-order chi connectivity index (χ0) is 12.4. The van der Waals surface area contributed by atoms with Crippen molar-refractivity contribution in [2.24, 2.45) is 11.7 Å². The van der Waals surface area contributed by atoms with Gasteiger partial charge in [0.05, 0.1) is 5.69 Å². The summed E-state index contributed by atoms with van der Waals surface area (Å²) in [6.07, 6.45) is 2.05. The summed E-state index contributed by atoms with van der Waals surface area (Å²) in [4.78, 5) is 1.92. The summed E-state index contributed by atoms with van der Waals surface area (Å²) in [5, 5.41) is 0. The molecule has 0 unspecified atom stereocenters. The van der Waals surface area contributed by atoms with Crippen LogP contribution in [0.3, 0.4) is 0 Å². The lowest BCUT2D eigenvalue weighted by Gasteiger charge is -2.32. The van der Waals surface area contributed by atoms with Crippen molar-refractivity contribution in [2.45, 2.75) is 26.3 Å². The number of piperidine rings is 1. The molecule has 17 heavy (non-hydrogen) atoms. The molecule has 1 aliphatic heterocycles. The van der Waals surface area contributed by atoms with Crippen LogP contribution in [-0.2, 0) is 6.54 Å². The summed E-state index contributed by atoms with van der Waals surface area (Å²) in [7, 11) is 0. The third kappa shape index (κ3) is 2.41. The van der Waals surface area contributed by atoms with Crippen LogP contribution in [0, 0.1) is 17.6 Å².